The molecule has 7 nitrogen and oxygen atoms in total. The van der Waals surface area contributed by atoms with E-state index in [0.29, 0.717) is 22.3 Å². The molecule has 1 aliphatic carbocycles. The van der Waals surface area contributed by atoms with Crippen LogP contribution in [-0.2, 0) is 14.4 Å². The van der Waals surface area contributed by atoms with Crippen molar-refractivity contribution < 1.29 is 14.4 Å². The first-order valence-corrected chi connectivity index (χ1v) is 14.0. The van der Waals surface area contributed by atoms with Gasteiger partial charge in [0, 0.05) is 12.1 Å². The number of benzene rings is 1. The molecule has 9 heteroatoms. The third-order valence-electron chi connectivity index (χ3n) is 7.37. The van der Waals surface area contributed by atoms with E-state index in [1.807, 2.05) is 36.4 Å². The van der Waals surface area contributed by atoms with Gasteiger partial charge in [0.15, 0.2) is 0 Å². The maximum Gasteiger partial charge on any atom is 0.247 e. The number of hydrogen-bond donors (Lipinski definition) is 3. The van der Waals surface area contributed by atoms with Crippen LogP contribution < -0.4 is 16.0 Å². The predicted molar refractivity (Wildman–Crippen MR) is 145 cm³/mol. The van der Waals surface area contributed by atoms with E-state index in [1.165, 1.54) is 11.3 Å². The van der Waals surface area contributed by atoms with Crippen LogP contribution in [0.2, 0.25) is 4.34 Å². The Kier molecular flexibility index (Phi) is 9.04. The van der Waals surface area contributed by atoms with Crippen LogP contribution in [0.5, 0.6) is 0 Å². The highest BCUT2D eigenvalue weighted by Crippen LogP contribution is 2.39. The molecule has 3 atom stereocenters. The standard InChI is InChI=1S/C27H35ClN4O3S/c1-17(29-2)24(33)30-23(19-12-7-4-8-13-19)27(35)32-15-9-14-21(32)25(34)31-26-20(16-22(28)36-26)18-10-5-3-6-11-18/h3,5-6,10-11,16-17,19,21,23,29H,4,7-9,12-15H2,1-2H3,(H,30,33)(H,31,34)/t17-,21-,23-/m0/s1. The molecule has 4 rings (SSSR count). The lowest BCUT2D eigenvalue weighted by Gasteiger charge is -2.35. The van der Waals surface area contributed by atoms with Gasteiger partial charge in [-0.3, -0.25) is 14.4 Å². The highest BCUT2D eigenvalue weighted by molar-refractivity contribution is 7.20. The van der Waals surface area contributed by atoms with Crippen LogP contribution in [0.15, 0.2) is 36.4 Å². The molecule has 2 aliphatic rings. The van der Waals surface area contributed by atoms with E-state index < -0.39 is 18.1 Å². The fraction of sp³-hybridized carbons (Fsp3) is 0.519. The molecule has 0 radical (unpaired) electrons. The fourth-order valence-electron chi connectivity index (χ4n) is 5.22. The van der Waals surface area contributed by atoms with Crippen LogP contribution in [-0.4, -0.2) is 54.3 Å². The molecule has 2 fully saturated rings. The van der Waals surface area contributed by atoms with Gasteiger partial charge >= 0.3 is 0 Å². The van der Waals surface area contributed by atoms with Crippen molar-refractivity contribution in [3.8, 4) is 11.1 Å². The first kappa shape index (κ1) is 26.6. The molecule has 2 heterocycles. The van der Waals surface area contributed by atoms with Gasteiger partial charge in [0.2, 0.25) is 17.7 Å². The maximum absolute atomic E-state index is 13.8. The van der Waals surface area contributed by atoms with Crippen LogP contribution in [0.1, 0.15) is 51.9 Å². The second kappa shape index (κ2) is 12.2. The van der Waals surface area contributed by atoms with Gasteiger partial charge in [-0.1, -0.05) is 61.2 Å². The Morgan fingerprint density at radius 1 is 1.06 bits per heavy atom. The van der Waals surface area contributed by atoms with E-state index in [2.05, 4.69) is 16.0 Å². The molecule has 1 saturated carbocycles. The van der Waals surface area contributed by atoms with Crippen molar-refractivity contribution in [1.29, 1.82) is 0 Å². The predicted octanol–water partition coefficient (Wildman–Crippen LogP) is 4.67. The third-order valence-corrected chi connectivity index (χ3v) is 8.55. The summed E-state index contributed by atoms with van der Waals surface area (Å²) in [6.45, 7) is 2.29. The smallest absolute Gasteiger partial charge is 0.247 e. The minimum atomic E-state index is -0.613. The monoisotopic (exact) mass is 530 g/mol. The molecule has 1 aliphatic heterocycles. The van der Waals surface area contributed by atoms with E-state index in [-0.39, 0.29) is 23.6 Å². The number of nitrogens with one attached hydrogen (secondary N) is 3. The molecule has 0 unspecified atom stereocenters. The summed E-state index contributed by atoms with van der Waals surface area (Å²) in [6, 6.07) is 10.0. The van der Waals surface area contributed by atoms with Crippen molar-refractivity contribution in [1.82, 2.24) is 15.5 Å². The van der Waals surface area contributed by atoms with Gasteiger partial charge in [-0.15, -0.1) is 11.3 Å². The van der Waals surface area contributed by atoms with Crippen molar-refractivity contribution in [2.24, 2.45) is 5.92 Å². The Bertz CT molecular complexity index is 1070. The summed E-state index contributed by atoms with van der Waals surface area (Å²) in [4.78, 5) is 41.7. The summed E-state index contributed by atoms with van der Waals surface area (Å²) < 4.78 is 0.585. The molecule has 194 valence electrons. The van der Waals surface area contributed by atoms with Crippen LogP contribution in [0.4, 0.5) is 5.00 Å². The Morgan fingerprint density at radius 3 is 2.47 bits per heavy atom. The van der Waals surface area contributed by atoms with Crippen molar-refractivity contribution in [2.75, 3.05) is 18.9 Å². The molecule has 2 aromatic rings. The Hall–Kier alpha value is -2.42. The third kappa shape index (κ3) is 6.10. The first-order valence-electron chi connectivity index (χ1n) is 12.8. The SMILES string of the molecule is CN[C@@H](C)C(=O)N[C@H](C(=O)N1CCC[C@H]1C(=O)Nc1sc(Cl)cc1-c1ccccc1)C1CCCCC1. The normalized spacial score (nSPS) is 20.1. The fourth-order valence-corrected chi connectivity index (χ4v) is 6.37. The molecular formula is C27H35ClN4O3S. The van der Waals surface area contributed by atoms with E-state index in [9.17, 15) is 14.4 Å². The summed E-state index contributed by atoms with van der Waals surface area (Å²) in [5.74, 6) is -0.468. The van der Waals surface area contributed by atoms with Gasteiger partial charge in [0.05, 0.1) is 10.4 Å². The number of carbonyl (C=O) groups excluding carboxylic acids is 3. The van der Waals surface area contributed by atoms with Gasteiger partial charge in [-0.05, 0) is 57.2 Å². The minimum Gasteiger partial charge on any atom is -0.343 e. The van der Waals surface area contributed by atoms with Gasteiger partial charge in [0.25, 0.3) is 0 Å². The zero-order chi connectivity index (χ0) is 25.7. The number of nitrogens with zero attached hydrogens (tertiary/aromatic N) is 1. The number of amides is 3. The average Bonchev–Trinajstić information content (AvgIpc) is 3.54. The number of anilines is 1. The second-order valence-corrected chi connectivity index (χ2v) is 11.4. The highest BCUT2D eigenvalue weighted by atomic mass is 35.5. The van der Waals surface area contributed by atoms with Crippen molar-refractivity contribution in [3.63, 3.8) is 0 Å². The number of likely N-dealkylation sites (N-methyl/N-ethyl adjacent to an activating group) is 1. The lowest BCUT2D eigenvalue weighted by Crippen LogP contribution is -2.57. The number of hydrogen-bond acceptors (Lipinski definition) is 5. The summed E-state index contributed by atoms with van der Waals surface area (Å²) >= 11 is 7.62. The molecule has 36 heavy (non-hydrogen) atoms. The summed E-state index contributed by atoms with van der Waals surface area (Å²) in [6.07, 6.45) is 6.41. The number of carbonyl (C=O) groups is 3. The molecule has 3 amide bonds. The second-order valence-electron chi connectivity index (χ2n) is 9.73. The Balaban J connectivity index is 1.52. The van der Waals surface area contributed by atoms with E-state index in [4.69, 9.17) is 11.6 Å². The number of rotatable bonds is 8. The molecule has 0 bridgehead atoms. The highest BCUT2D eigenvalue weighted by Gasteiger charge is 2.41. The molecular weight excluding hydrogens is 496 g/mol. The van der Waals surface area contributed by atoms with Crippen LogP contribution in [0.3, 0.4) is 0 Å². The largest absolute Gasteiger partial charge is 0.343 e. The lowest BCUT2D eigenvalue weighted by atomic mass is 9.83. The number of likely N-dealkylation sites (tertiary alicyclic amines) is 1. The summed E-state index contributed by atoms with van der Waals surface area (Å²) in [7, 11) is 1.73. The van der Waals surface area contributed by atoms with Crippen molar-refractivity contribution in [3.05, 3.63) is 40.7 Å². The van der Waals surface area contributed by atoms with Gasteiger partial charge < -0.3 is 20.9 Å². The zero-order valence-electron chi connectivity index (χ0n) is 20.9. The van der Waals surface area contributed by atoms with Gasteiger partial charge in [-0.25, -0.2) is 0 Å². The van der Waals surface area contributed by atoms with Crippen molar-refractivity contribution in [2.45, 2.75) is 70.0 Å². The molecule has 0 spiro atoms. The average molecular weight is 531 g/mol. The quantitative estimate of drug-likeness (QED) is 0.462. The van der Waals surface area contributed by atoms with E-state index >= 15 is 0 Å². The minimum absolute atomic E-state index is 0.0874. The van der Waals surface area contributed by atoms with Crippen LogP contribution in [0.25, 0.3) is 11.1 Å². The first-order chi connectivity index (χ1) is 17.4. The van der Waals surface area contributed by atoms with Crippen LogP contribution in [0, 0.1) is 5.92 Å². The Labute approximate surface area is 222 Å². The molecule has 3 N–H and O–H groups in total. The Morgan fingerprint density at radius 2 is 1.78 bits per heavy atom. The van der Waals surface area contributed by atoms with Gasteiger partial charge in [0.1, 0.15) is 17.1 Å². The molecule has 1 saturated heterocycles. The lowest BCUT2D eigenvalue weighted by molar-refractivity contribution is -0.142. The van der Waals surface area contributed by atoms with Crippen LogP contribution >= 0.6 is 22.9 Å². The molecule has 1 aromatic heterocycles. The topological polar surface area (TPSA) is 90.5 Å². The summed E-state index contributed by atoms with van der Waals surface area (Å²) in [5, 5.41) is 9.69. The summed E-state index contributed by atoms with van der Waals surface area (Å²) in [5.41, 5.74) is 1.83. The molecule has 1 aromatic carbocycles. The number of thiophene rings is 1. The maximum atomic E-state index is 13.8. The van der Waals surface area contributed by atoms with E-state index in [0.717, 1.165) is 49.7 Å². The van der Waals surface area contributed by atoms with E-state index in [1.54, 1.807) is 18.9 Å². The zero-order valence-corrected chi connectivity index (χ0v) is 22.5. The van der Waals surface area contributed by atoms with Crippen molar-refractivity contribution >= 4 is 45.7 Å². The van der Waals surface area contributed by atoms with Gasteiger partial charge in [-0.2, -0.15) is 0 Å². The number of halogens is 1.